The van der Waals surface area contributed by atoms with Crippen LogP contribution in [0.5, 0.6) is 5.75 Å². The SMILES string of the molecule is CC1CCCC(C)N1C(=O)c1ccc(Cl)cc1O. The lowest BCUT2D eigenvalue weighted by molar-refractivity contribution is 0.0508. The van der Waals surface area contributed by atoms with E-state index in [0.717, 1.165) is 19.3 Å². The minimum absolute atomic E-state index is 0.0440. The number of hydrogen-bond donors (Lipinski definition) is 1. The number of carbonyl (C=O) groups is 1. The summed E-state index contributed by atoms with van der Waals surface area (Å²) in [6, 6.07) is 5.07. The Morgan fingerprint density at radius 1 is 1.33 bits per heavy atom. The van der Waals surface area contributed by atoms with Crippen molar-refractivity contribution in [1.29, 1.82) is 0 Å². The number of halogens is 1. The Kier molecular flexibility index (Phi) is 3.81. The van der Waals surface area contributed by atoms with E-state index in [1.807, 2.05) is 4.90 Å². The number of nitrogens with zero attached hydrogens (tertiary/aromatic N) is 1. The minimum atomic E-state index is -0.108. The van der Waals surface area contributed by atoms with Crippen molar-refractivity contribution in [1.82, 2.24) is 4.90 Å². The van der Waals surface area contributed by atoms with Gasteiger partial charge in [-0.3, -0.25) is 4.79 Å². The normalized spacial score (nSPS) is 24.1. The van der Waals surface area contributed by atoms with E-state index in [9.17, 15) is 9.90 Å². The van der Waals surface area contributed by atoms with Crippen molar-refractivity contribution >= 4 is 17.5 Å². The monoisotopic (exact) mass is 267 g/mol. The number of rotatable bonds is 1. The van der Waals surface area contributed by atoms with Gasteiger partial charge in [0.05, 0.1) is 5.56 Å². The maximum absolute atomic E-state index is 12.5. The summed E-state index contributed by atoms with van der Waals surface area (Å²) in [4.78, 5) is 14.3. The van der Waals surface area contributed by atoms with Crippen LogP contribution in [0.1, 0.15) is 43.5 Å². The molecule has 3 nitrogen and oxygen atoms in total. The fourth-order valence-corrected chi connectivity index (χ4v) is 2.81. The molecule has 1 saturated heterocycles. The first kappa shape index (κ1) is 13.2. The Morgan fingerprint density at radius 3 is 2.50 bits per heavy atom. The zero-order chi connectivity index (χ0) is 13.3. The molecule has 0 bridgehead atoms. The maximum atomic E-state index is 12.5. The second kappa shape index (κ2) is 5.19. The third-order valence-electron chi connectivity index (χ3n) is 3.62. The fraction of sp³-hybridized carbons (Fsp3) is 0.500. The average molecular weight is 268 g/mol. The predicted molar refractivity (Wildman–Crippen MR) is 72.1 cm³/mol. The molecule has 18 heavy (non-hydrogen) atoms. The van der Waals surface area contributed by atoms with Gasteiger partial charge in [0.2, 0.25) is 0 Å². The summed E-state index contributed by atoms with van der Waals surface area (Å²) >= 11 is 5.78. The van der Waals surface area contributed by atoms with E-state index in [1.165, 1.54) is 6.07 Å². The van der Waals surface area contributed by atoms with Crippen molar-refractivity contribution in [3.05, 3.63) is 28.8 Å². The maximum Gasteiger partial charge on any atom is 0.258 e. The molecule has 1 N–H and O–H groups in total. The standard InChI is InChI=1S/C14H18ClNO2/c1-9-4-3-5-10(2)16(9)14(18)12-7-6-11(15)8-13(12)17/h6-10,17H,3-5H2,1-2H3. The Hall–Kier alpha value is -1.22. The van der Waals surface area contributed by atoms with E-state index in [1.54, 1.807) is 12.1 Å². The zero-order valence-electron chi connectivity index (χ0n) is 10.7. The average Bonchev–Trinajstić information content (AvgIpc) is 2.28. The van der Waals surface area contributed by atoms with Gasteiger partial charge in [-0.25, -0.2) is 0 Å². The van der Waals surface area contributed by atoms with Crippen LogP contribution in [0.25, 0.3) is 0 Å². The number of hydrogen-bond acceptors (Lipinski definition) is 2. The van der Waals surface area contributed by atoms with Gasteiger partial charge in [-0.15, -0.1) is 0 Å². The van der Waals surface area contributed by atoms with Crippen molar-refractivity contribution in [3.8, 4) is 5.75 Å². The van der Waals surface area contributed by atoms with E-state index in [0.29, 0.717) is 10.6 Å². The van der Waals surface area contributed by atoms with Crippen LogP contribution >= 0.6 is 11.6 Å². The van der Waals surface area contributed by atoms with E-state index >= 15 is 0 Å². The second-order valence-electron chi connectivity index (χ2n) is 5.00. The van der Waals surface area contributed by atoms with Gasteiger partial charge >= 0.3 is 0 Å². The number of carbonyl (C=O) groups excluding carboxylic acids is 1. The molecule has 0 radical (unpaired) electrons. The Labute approximate surface area is 112 Å². The molecule has 2 rings (SSSR count). The number of phenols is 1. The van der Waals surface area contributed by atoms with Crippen LogP contribution in [0.2, 0.25) is 5.02 Å². The molecule has 1 amide bonds. The first-order valence-corrected chi connectivity index (χ1v) is 6.69. The molecule has 0 spiro atoms. The Morgan fingerprint density at radius 2 is 1.94 bits per heavy atom. The van der Waals surface area contributed by atoms with E-state index in [2.05, 4.69) is 13.8 Å². The molecule has 0 aliphatic carbocycles. The molecule has 1 aromatic carbocycles. The van der Waals surface area contributed by atoms with Crippen LogP contribution in [0.15, 0.2) is 18.2 Å². The van der Waals surface area contributed by atoms with Crippen molar-refractivity contribution in [3.63, 3.8) is 0 Å². The zero-order valence-corrected chi connectivity index (χ0v) is 11.4. The van der Waals surface area contributed by atoms with Crippen LogP contribution in [0.4, 0.5) is 0 Å². The predicted octanol–water partition coefficient (Wildman–Crippen LogP) is 3.45. The highest BCUT2D eigenvalue weighted by molar-refractivity contribution is 6.30. The van der Waals surface area contributed by atoms with Crippen LogP contribution in [-0.2, 0) is 0 Å². The summed E-state index contributed by atoms with van der Waals surface area (Å²) in [5.74, 6) is -0.152. The van der Waals surface area contributed by atoms with Crippen molar-refractivity contribution in [2.45, 2.75) is 45.2 Å². The summed E-state index contributed by atoms with van der Waals surface area (Å²) < 4.78 is 0. The van der Waals surface area contributed by atoms with Crippen LogP contribution in [0.3, 0.4) is 0 Å². The van der Waals surface area contributed by atoms with Gasteiger partial charge in [-0.1, -0.05) is 11.6 Å². The molecule has 1 aliphatic rings. The van der Waals surface area contributed by atoms with Crippen LogP contribution in [-0.4, -0.2) is 28.0 Å². The second-order valence-corrected chi connectivity index (χ2v) is 5.44. The van der Waals surface area contributed by atoms with Crippen LogP contribution < -0.4 is 0 Å². The molecular formula is C14H18ClNO2. The van der Waals surface area contributed by atoms with E-state index in [-0.39, 0.29) is 23.7 Å². The van der Waals surface area contributed by atoms with Gasteiger partial charge in [0.1, 0.15) is 5.75 Å². The van der Waals surface area contributed by atoms with Gasteiger partial charge < -0.3 is 10.0 Å². The molecule has 1 aromatic rings. The molecule has 0 saturated carbocycles. The van der Waals surface area contributed by atoms with Gasteiger partial charge in [-0.2, -0.15) is 0 Å². The number of aromatic hydroxyl groups is 1. The first-order valence-electron chi connectivity index (χ1n) is 6.32. The summed E-state index contributed by atoms with van der Waals surface area (Å²) in [5.41, 5.74) is 0.333. The van der Waals surface area contributed by atoms with Gasteiger partial charge in [0.15, 0.2) is 0 Å². The summed E-state index contributed by atoms with van der Waals surface area (Å²) in [6.45, 7) is 4.11. The van der Waals surface area contributed by atoms with Crippen molar-refractivity contribution in [2.24, 2.45) is 0 Å². The lowest BCUT2D eigenvalue weighted by Gasteiger charge is -2.39. The molecule has 1 heterocycles. The lowest BCUT2D eigenvalue weighted by Crippen LogP contribution is -2.47. The molecule has 4 heteroatoms. The largest absolute Gasteiger partial charge is 0.507 e. The number of phenolic OH excluding ortho intramolecular Hbond substituents is 1. The lowest BCUT2D eigenvalue weighted by atomic mass is 9.96. The third-order valence-corrected chi connectivity index (χ3v) is 3.85. The Bertz CT molecular complexity index is 451. The first-order chi connectivity index (χ1) is 8.50. The summed E-state index contributed by atoms with van der Waals surface area (Å²) in [6.07, 6.45) is 3.19. The fourth-order valence-electron chi connectivity index (χ4n) is 2.65. The van der Waals surface area contributed by atoms with Crippen LogP contribution in [0, 0.1) is 0 Å². The van der Waals surface area contributed by atoms with Gasteiger partial charge in [-0.05, 0) is 51.3 Å². The molecule has 2 unspecified atom stereocenters. The minimum Gasteiger partial charge on any atom is -0.507 e. The van der Waals surface area contributed by atoms with E-state index < -0.39 is 0 Å². The molecular weight excluding hydrogens is 250 g/mol. The highest BCUT2D eigenvalue weighted by Gasteiger charge is 2.30. The summed E-state index contributed by atoms with van der Waals surface area (Å²) in [7, 11) is 0. The molecule has 2 atom stereocenters. The highest BCUT2D eigenvalue weighted by Crippen LogP contribution is 2.28. The quantitative estimate of drug-likeness (QED) is 0.847. The number of benzene rings is 1. The number of likely N-dealkylation sites (tertiary alicyclic amines) is 1. The smallest absolute Gasteiger partial charge is 0.258 e. The van der Waals surface area contributed by atoms with Gasteiger partial charge in [0, 0.05) is 17.1 Å². The summed E-state index contributed by atoms with van der Waals surface area (Å²) in [5, 5.41) is 10.3. The van der Waals surface area contributed by atoms with E-state index in [4.69, 9.17) is 11.6 Å². The Balaban J connectivity index is 2.29. The molecule has 0 aromatic heterocycles. The highest BCUT2D eigenvalue weighted by atomic mass is 35.5. The molecule has 1 fully saturated rings. The molecule has 98 valence electrons. The number of amides is 1. The molecule has 1 aliphatic heterocycles. The number of piperidine rings is 1. The third kappa shape index (κ3) is 2.46. The van der Waals surface area contributed by atoms with Crippen molar-refractivity contribution in [2.75, 3.05) is 0 Å². The topological polar surface area (TPSA) is 40.5 Å². The van der Waals surface area contributed by atoms with Crippen molar-refractivity contribution < 1.29 is 9.90 Å². The van der Waals surface area contributed by atoms with Gasteiger partial charge in [0.25, 0.3) is 5.91 Å².